The second-order valence-electron chi connectivity index (χ2n) is 24.8. The van der Waals surface area contributed by atoms with Crippen molar-refractivity contribution in [2.45, 2.75) is 52.4 Å². The molecule has 0 fully saturated rings. The molecule has 0 atom stereocenters. The van der Waals surface area contributed by atoms with Gasteiger partial charge in [-0.1, -0.05) is 187 Å². The van der Waals surface area contributed by atoms with Crippen LogP contribution in [0, 0.1) is 18.8 Å². The number of fused-ring (bicyclic) bond motifs is 14. The van der Waals surface area contributed by atoms with Crippen molar-refractivity contribution in [1.82, 2.24) is 14.5 Å². The van der Waals surface area contributed by atoms with E-state index in [2.05, 4.69) is 297 Å². The van der Waals surface area contributed by atoms with E-state index in [1.165, 1.54) is 33.4 Å². The van der Waals surface area contributed by atoms with Crippen LogP contribution in [0.3, 0.4) is 0 Å². The van der Waals surface area contributed by atoms with Gasteiger partial charge in [0.1, 0.15) is 5.82 Å². The van der Waals surface area contributed by atoms with Crippen molar-refractivity contribution in [3.8, 4) is 61.8 Å². The summed E-state index contributed by atoms with van der Waals surface area (Å²) in [6.45, 7) is 15.9. The van der Waals surface area contributed by atoms with Gasteiger partial charge in [-0.05, 0) is 110 Å². The molecule has 6 heterocycles. The van der Waals surface area contributed by atoms with Crippen molar-refractivity contribution in [3.05, 3.63) is 279 Å². The minimum atomic E-state index is -0.300. The van der Waals surface area contributed by atoms with E-state index in [4.69, 9.17) is 14.7 Å². The molecule has 0 N–H and O–H groups in total. The minimum Gasteiger partial charge on any atom is -0.509 e. The number of ether oxygens (including phenoxy) is 1. The van der Waals surface area contributed by atoms with Gasteiger partial charge in [-0.3, -0.25) is 4.98 Å². The molecule has 3 aromatic heterocycles. The van der Waals surface area contributed by atoms with Gasteiger partial charge in [-0.25, -0.2) is 4.98 Å². The Morgan fingerprint density at radius 2 is 0.898 bits per heavy atom. The summed E-state index contributed by atoms with van der Waals surface area (Å²) < 4.78 is 9.08. The number of rotatable bonds is 7. The van der Waals surface area contributed by atoms with Gasteiger partial charge in [0.25, 0.3) is 0 Å². The Morgan fingerprint density at radius 3 is 1.44 bits per heavy atom. The molecule has 13 aromatic rings. The Labute approximate surface area is 528 Å². The summed E-state index contributed by atoms with van der Waals surface area (Å²) in [5.41, 5.74) is 23.1. The average Bonchev–Trinajstić information content (AvgIpc) is 1.56. The van der Waals surface area contributed by atoms with Gasteiger partial charge in [0.15, 0.2) is 0 Å². The van der Waals surface area contributed by atoms with Crippen molar-refractivity contribution in [2.75, 3.05) is 19.6 Å². The molecule has 0 saturated heterocycles. The Hall–Kier alpha value is -10.0. The molecule has 16 rings (SSSR count). The van der Waals surface area contributed by atoms with E-state index >= 15 is 0 Å². The summed E-state index contributed by atoms with van der Waals surface area (Å²) in [5, 5.41) is 2.19. The molecule has 10 aromatic carbocycles. The van der Waals surface area contributed by atoms with Gasteiger partial charge < -0.3 is 28.9 Å². The van der Waals surface area contributed by atoms with Crippen LogP contribution in [0.4, 0.5) is 56.9 Å². The van der Waals surface area contributed by atoms with Crippen LogP contribution in [-0.2, 0) is 31.9 Å². The third-order valence-electron chi connectivity index (χ3n) is 17.4. The molecule has 0 spiro atoms. The van der Waals surface area contributed by atoms with Crippen LogP contribution in [0.1, 0.15) is 52.7 Å². The second-order valence-corrected chi connectivity index (χ2v) is 24.8. The Balaban J connectivity index is 0.00000650. The molecular formula is C79H60N7OPt-3. The van der Waals surface area contributed by atoms with E-state index in [1.807, 2.05) is 36.8 Å². The molecule has 0 amide bonds. The largest absolute Gasteiger partial charge is 0.509 e. The van der Waals surface area contributed by atoms with Crippen molar-refractivity contribution in [3.63, 3.8) is 0 Å². The van der Waals surface area contributed by atoms with Crippen LogP contribution >= 0.6 is 0 Å². The van der Waals surface area contributed by atoms with E-state index in [9.17, 15) is 0 Å². The first-order valence-corrected chi connectivity index (χ1v) is 29.8. The number of aromatic nitrogens is 3. The van der Waals surface area contributed by atoms with E-state index in [0.29, 0.717) is 11.5 Å². The van der Waals surface area contributed by atoms with Crippen molar-refractivity contribution in [1.29, 1.82) is 0 Å². The quantitative estimate of drug-likeness (QED) is 0.147. The number of anilines is 10. The van der Waals surface area contributed by atoms with E-state index < -0.39 is 0 Å². The molecule has 9 heteroatoms. The number of benzene rings is 10. The van der Waals surface area contributed by atoms with Gasteiger partial charge in [0, 0.05) is 78.4 Å². The minimum absolute atomic E-state index is 0. The van der Waals surface area contributed by atoms with Crippen LogP contribution < -0.4 is 24.3 Å². The fourth-order valence-electron chi connectivity index (χ4n) is 13.2. The molecule has 0 radical (unpaired) electrons. The first-order valence-electron chi connectivity index (χ1n) is 29.8. The fraction of sp³-hybridized carbons (Fsp3) is 0.101. The summed E-state index contributed by atoms with van der Waals surface area (Å²) in [6.07, 6.45) is 5.77. The van der Waals surface area contributed by atoms with Crippen LogP contribution in [0.5, 0.6) is 11.5 Å². The predicted molar refractivity (Wildman–Crippen MR) is 358 cm³/mol. The molecule has 0 bridgehead atoms. The Bertz CT molecular complexity index is 4620. The van der Waals surface area contributed by atoms with Crippen LogP contribution in [0.15, 0.2) is 249 Å². The normalized spacial score (nSPS) is 13.1. The molecule has 3 aliphatic heterocycles. The van der Waals surface area contributed by atoms with Crippen LogP contribution in [-0.4, -0.2) is 14.5 Å². The number of pyridine rings is 2. The Kier molecular flexibility index (Phi) is 13.1. The molecule has 0 unspecified atom stereocenters. The fourth-order valence-corrected chi connectivity index (χ4v) is 13.2. The second kappa shape index (κ2) is 21.1. The average molecular weight is 1320 g/mol. The molecule has 0 aliphatic carbocycles. The maximum absolute atomic E-state index is 6.88. The Morgan fingerprint density at radius 1 is 0.398 bits per heavy atom. The molecule has 8 nitrogen and oxygen atoms in total. The molecule has 430 valence electrons. The van der Waals surface area contributed by atoms with Crippen molar-refractivity contribution >= 4 is 78.7 Å². The summed E-state index contributed by atoms with van der Waals surface area (Å²) in [7, 11) is 0. The van der Waals surface area contributed by atoms with Crippen LogP contribution in [0.25, 0.3) is 72.1 Å². The molecule has 3 aliphatic rings. The predicted octanol–water partition coefficient (Wildman–Crippen LogP) is 21.2. The van der Waals surface area contributed by atoms with Gasteiger partial charge in [-0.15, -0.1) is 48.1 Å². The number of hydrogen-bond acceptors (Lipinski definition) is 7. The maximum atomic E-state index is 6.88. The summed E-state index contributed by atoms with van der Waals surface area (Å²) >= 11 is 0. The third-order valence-corrected chi connectivity index (χ3v) is 17.4. The monoisotopic (exact) mass is 1320 g/mol. The third kappa shape index (κ3) is 8.91. The zero-order valence-electron chi connectivity index (χ0n) is 49.6. The number of para-hydroxylation sites is 5. The number of hydrogen-bond donors (Lipinski definition) is 0. The SMILES string of the molecule is CC(C)(C)c1ccnc(-n2c3[c-]c(Oc4[c-]c(N5[CH-]N(c6c(N7c8ccccc8-c8ccccc8-c8ccccc87)cc(C(C)(C)C)cc6N6c7ccccc7-c7ccccc7-c7ccccc76)c6cnccc65)ccc4)ccc3c3ccccc32)c1.[Pt]. The summed E-state index contributed by atoms with van der Waals surface area (Å²) in [6, 6.07) is 90.6. The van der Waals surface area contributed by atoms with E-state index in [-0.39, 0.29) is 31.9 Å². The zero-order chi connectivity index (χ0) is 58.7. The van der Waals surface area contributed by atoms with Gasteiger partial charge in [0.05, 0.1) is 51.7 Å². The summed E-state index contributed by atoms with van der Waals surface area (Å²) in [4.78, 5) is 19.5. The van der Waals surface area contributed by atoms with Crippen LogP contribution in [0.2, 0.25) is 0 Å². The molecule has 0 saturated carbocycles. The van der Waals surface area contributed by atoms with Gasteiger partial charge in [-0.2, -0.15) is 12.1 Å². The van der Waals surface area contributed by atoms with E-state index in [1.54, 1.807) is 0 Å². The number of nitrogens with zero attached hydrogens (tertiary/aromatic N) is 7. The molecular weight excluding hydrogens is 1260 g/mol. The first-order chi connectivity index (χ1) is 42.4. The maximum Gasteiger partial charge on any atom is 0.135 e. The van der Waals surface area contributed by atoms with Crippen molar-refractivity contribution < 1.29 is 25.8 Å². The summed E-state index contributed by atoms with van der Waals surface area (Å²) in [5.74, 6) is 1.95. The zero-order valence-corrected chi connectivity index (χ0v) is 51.9. The van der Waals surface area contributed by atoms with Crippen molar-refractivity contribution in [2.24, 2.45) is 0 Å². The standard InChI is InChI=1S/C79H60N7O.Pt/c1-78(2,3)51-40-43-81-76(46-51)86-70-37-20-15-32-64(70)65-39-38-55(48-72(65)86)87-54-23-21-22-53(47-54)82-50-83(75-49-80-42-41-71(75)82)77-73(84-66-33-16-11-28-60(66)56-24-7-8-25-57(56)61-29-12-17-34-67(61)84)44-52(79(4,5)6)45-74(77)85-68-35-18-13-30-62(68)58-26-9-10-27-59(58)63-31-14-19-36-69(63)85;/h7-46,49-50H,1-6H3;/q-3;. The first kappa shape index (κ1) is 54.6. The smallest absolute Gasteiger partial charge is 0.135 e. The topological polar surface area (TPSA) is 52.9 Å². The molecule has 88 heavy (non-hydrogen) atoms. The van der Waals surface area contributed by atoms with E-state index in [0.717, 1.165) is 107 Å². The van der Waals surface area contributed by atoms with Gasteiger partial charge >= 0.3 is 0 Å². The van der Waals surface area contributed by atoms with Gasteiger partial charge in [0.2, 0.25) is 0 Å².